The van der Waals surface area contributed by atoms with Crippen molar-refractivity contribution in [1.82, 2.24) is 0 Å². The quantitative estimate of drug-likeness (QED) is 0.674. The lowest BCUT2D eigenvalue weighted by atomic mass is 9.74. The van der Waals surface area contributed by atoms with Gasteiger partial charge in [-0.3, -0.25) is 9.59 Å². The highest BCUT2D eigenvalue weighted by molar-refractivity contribution is 5.79. The molecule has 4 nitrogen and oxygen atoms in total. The molecule has 0 aliphatic heterocycles. The van der Waals surface area contributed by atoms with Gasteiger partial charge in [0.25, 0.3) is 0 Å². The molecule has 1 rings (SSSR count). The van der Waals surface area contributed by atoms with Gasteiger partial charge in [0.1, 0.15) is 0 Å². The van der Waals surface area contributed by atoms with Crippen LogP contribution in [0.25, 0.3) is 0 Å². The van der Waals surface area contributed by atoms with Crippen molar-refractivity contribution in [3.05, 3.63) is 12.2 Å². The molecule has 0 spiro atoms. The second kappa shape index (κ2) is 3.82. The van der Waals surface area contributed by atoms with Gasteiger partial charge in [0, 0.05) is 0 Å². The van der Waals surface area contributed by atoms with Crippen LogP contribution in [0.3, 0.4) is 0 Å². The third-order valence-corrected chi connectivity index (χ3v) is 2.92. The summed E-state index contributed by atoms with van der Waals surface area (Å²) in [6.45, 7) is 1.81. The van der Waals surface area contributed by atoms with E-state index in [4.69, 9.17) is 10.2 Å². The summed E-state index contributed by atoms with van der Waals surface area (Å²) in [5.41, 5.74) is -0.841. The van der Waals surface area contributed by atoms with Crippen LogP contribution in [-0.4, -0.2) is 22.2 Å². The first-order valence-electron chi connectivity index (χ1n) is 4.67. The Bertz CT molecular complexity index is 282. The number of hydrogen-bond acceptors (Lipinski definition) is 2. The smallest absolute Gasteiger partial charge is 0.313 e. The van der Waals surface area contributed by atoms with Crippen LogP contribution in [0, 0.1) is 11.3 Å². The first kappa shape index (κ1) is 10.8. The summed E-state index contributed by atoms with van der Waals surface area (Å²) in [4.78, 5) is 21.6. The van der Waals surface area contributed by atoms with Crippen molar-refractivity contribution in [1.29, 1.82) is 0 Å². The van der Waals surface area contributed by atoms with Gasteiger partial charge in [-0.15, -0.1) is 0 Å². The fraction of sp³-hybridized carbons (Fsp3) is 0.600. The van der Waals surface area contributed by atoms with E-state index in [1.54, 1.807) is 6.92 Å². The molecule has 14 heavy (non-hydrogen) atoms. The first-order chi connectivity index (χ1) is 6.52. The molecule has 1 aliphatic carbocycles. The molecule has 0 saturated heterocycles. The summed E-state index contributed by atoms with van der Waals surface area (Å²) in [7, 11) is 0. The third-order valence-electron chi connectivity index (χ3n) is 2.92. The van der Waals surface area contributed by atoms with Gasteiger partial charge in [-0.1, -0.05) is 19.1 Å². The predicted octanol–water partition coefficient (Wildman–Crippen LogP) is 1.52. The maximum absolute atomic E-state index is 11.0. The van der Waals surface area contributed by atoms with E-state index >= 15 is 0 Å². The molecule has 2 atom stereocenters. The van der Waals surface area contributed by atoms with Crippen LogP contribution in [0.5, 0.6) is 0 Å². The molecular formula is C10H14O4. The van der Waals surface area contributed by atoms with E-state index in [2.05, 4.69) is 0 Å². The van der Waals surface area contributed by atoms with Gasteiger partial charge in [0.05, 0.1) is 11.3 Å². The Morgan fingerprint density at radius 1 is 1.50 bits per heavy atom. The average Bonchev–Trinajstić information content (AvgIpc) is 2.17. The number of rotatable bonds is 3. The van der Waals surface area contributed by atoms with Gasteiger partial charge in [0.15, 0.2) is 0 Å². The topological polar surface area (TPSA) is 74.6 Å². The van der Waals surface area contributed by atoms with Crippen molar-refractivity contribution in [3.8, 4) is 0 Å². The Morgan fingerprint density at radius 2 is 2.14 bits per heavy atom. The zero-order chi connectivity index (χ0) is 10.8. The molecule has 0 amide bonds. The molecule has 0 radical (unpaired) electrons. The highest BCUT2D eigenvalue weighted by atomic mass is 16.4. The summed E-state index contributed by atoms with van der Waals surface area (Å²) in [5, 5.41) is 17.7. The normalized spacial score (nSPS) is 31.4. The Kier molecular flexibility index (Phi) is 2.93. The van der Waals surface area contributed by atoms with E-state index in [0.717, 1.165) is 0 Å². The summed E-state index contributed by atoms with van der Waals surface area (Å²) in [6.07, 6.45) is 4.37. The SMILES string of the molecule is CCC1(C(=O)O)C=CC(C(=O)O)CC1. The lowest BCUT2D eigenvalue weighted by Crippen LogP contribution is -2.32. The van der Waals surface area contributed by atoms with Crippen LogP contribution in [-0.2, 0) is 9.59 Å². The Hall–Kier alpha value is -1.32. The minimum absolute atomic E-state index is 0.409. The van der Waals surface area contributed by atoms with E-state index in [1.807, 2.05) is 0 Å². The Morgan fingerprint density at radius 3 is 2.43 bits per heavy atom. The molecule has 2 unspecified atom stereocenters. The number of carboxylic acid groups (broad SMARTS) is 2. The fourth-order valence-corrected chi connectivity index (χ4v) is 1.72. The highest BCUT2D eigenvalue weighted by Crippen LogP contribution is 2.36. The van der Waals surface area contributed by atoms with Gasteiger partial charge in [0.2, 0.25) is 0 Å². The van der Waals surface area contributed by atoms with Crippen molar-refractivity contribution in [2.45, 2.75) is 26.2 Å². The lowest BCUT2D eigenvalue weighted by molar-refractivity contribution is -0.148. The maximum atomic E-state index is 11.0. The van der Waals surface area contributed by atoms with E-state index in [0.29, 0.717) is 19.3 Å². The molecule has 4 heteroatoms. The van der Waals surface area contributed by atoms with E-state index in [9.17, 15) is 9.59 Å². The second-order valence-electron chi connectivity index (χ2n) is 3.66. The summed E-state index contributed by atoms with van der Waals surface area (Å²) >= 11 is 0. The number of aliphatic carboxylic acids is 2. The van der Waals surface area contributed by atoms with Crippen LogP contribution in [0.1, 0.15) is 26.2 Å². The van der Waals surface area contributed by atoms with Crippen LogP contribution in [0.15, 0.2) is 12.2 Å². The van der Waals surface area contributed by atoms with E-state index in [-0.39, 0.29) is 0 Å². The van der Waals surface area contributed by atoms with Crippen molar-refractivity contribution in [2.24, 2.45) is 11.3 Å². The Balaban J connectivity index is 2.84. The molecule has 0 aromatic rings. The van der Waals surface area contributed by atoms with Crippen molar-refractivity contribution >= 4 is 11.9 Å². The molecular weight excluding hydrogens is 184 g/mol. The molecule has 78 valence electrons. The van der Waals surface area contributed by atoms with Crippen molar-refractivity contribution in [3.63, 3.8) is 0 Å². The van der Waals surface area contributed by atoms with Crippen LogP contribution < -0.4 is 0 Å². The van der Waals surface area contributed by atoms with Crippen molar-refractivity contribution < 1.29 is 19.8 Å². The molecule has 0 aromatic heterocycles. The first-order valence-corrected chi connectivity index (χ1v) is 4.67. The van der Waals surface area contributed by atoms with Gasteiger partial charge in [-0.05, 0) is 19.3 Å². The zero-order valence-corrected chi connectivity index (χ0v) is 8.06. The minimum atomic E-state index is -0.878. The van der Waals surface area contributed by atoms with Crippen LogP contribution in [0.2, 0.25) is 0 Å². The largest absolute Gasteiger partial charge is 0.481 e. The third kappa shape index (κ3) is 1.78. The molecule has 0 fully saturated rings. The molecule has 0 bridgehead atoms. The molecule has 2 N–H and O–H groups in total. The molecule has 0 saturated carbocycles. The lowest BCUT2D eigenvalue weighted by Gasteiger charge is -2.29. The predicted molar refractivity (Wildman–Crippen MR) is 49.9 cm³/mol. The summed E-state index contributed by atoms with van der Waals surface area (Å²) in [6, 6.07) is 0. The summed E-state index contributed by atoms with van der Waals surface area (Å²) in [5.74, 6) is -2.26. The van der Waals surface area contributed by atoms with Gasteiger partial charge in [-0.2, -0.15) is 0 Å². The molecule has 0 heterocycles. The Labute approximate surface area is 82.2 Å². The number of carbonyl (C=O) groups is 2. The molecule has 0 aromatic carbocycles. The summed E-state index contributed by atoms with van der Waals surface area (Å²) < 4.78 is 0. The minimum Gasteiger partial charge on any atom is -0.481 e. The standard InChI is InChI=1S/C10H14O4/c1-2-10(9(13)14)5-3-7(4-6-10)8(11)12/h3,5,7H,2,4,6H2,1H3,(H,11,12)(H,13,14). The molecule has 1 aliphatic rings. The van der Waals surface area contributed by atoms with Gasteiger partial charge >= 0.3 is 11.9 Å². The van der Waals surface area contributed by atoms with Gasteiger partial charge in [-0.25, -0.2) is 0 Å². The fourth-order valence-electron chi connectivity index (χ4n) is 1.72. The van der Waals surface area contributed by atoms with E-state index in [1.165, 1.54) is 12.2 Å². The van der Waals surface area contributed by atoms with Crippen LogP contribution >= 0.6 is 0 Å². The number of hydrogen-bond donors (Lipinski definition) is 2. The number of carboxylic acids is 2. The van der Waals surface area contributed by atoms with E-state index < -0.39 is 23.3 Å². The second-order valence-corrected chi connectivity index (χ2v) is 3.66. The highest BCUT2D eigenvalue weighted by Gasteiger charge is 2.38. The van der Waals surface area contributed by atoms with Gasteiger partial charge < -0.3 is 10.2 Å². The average molecular weight is 198 g/mol. The maximum Gasteiger partial charge on any atom is 0.313 e. The monoisotopic (exact) mass is 198 g/mol. The zero-order valence-electron chi connectivity index (χ0n) is 8.06. The van der Waals surface area contributed by atoms with Crippen LogP contribution in [0.4, 0.5) is 0 Å². The van der Waals surface area contributed by atoms with Crippen molar-refractivity contribution in [2.75, 3.05) is 0 Å².